The van der Waals surface area contributed by atoms with E-state index in [-0.39, 0.29) is 17.3 Å². The Kier molecular flexibility index (Phi) is 5.21. The van der Waals surface area contributed by atoms with Crippen LogP contribution < -0.4 is 10.5 Å². The predicted molar refractivity (Wildman–Crippen MR) is 131 cm³/mol. The fourth-order valence-corrected chi connectivity index (χ4v) is 7.57. The van der Waals surface area contributed by atoms with E-state index in [1.165, 1.54) is 35.5 Å². The fourth-order valence-electron chi connectivity index (χ4n) is 5.39. The standard InChI is InChI=1S/C28H24F2NO2S/c1-17-24-16-18-4-2-14-31-15-3-5-23(25(18)31)26(24)33-28(32)27(17)34(21-10-6-19(29)7-11-21)22-12-8-20(30)9-13-22/h6-13,16H,2-5,14-15H2,1H3/q+1. The van der Waals surface area contributed by atoms with Crippen LogP contribution in [0.5, 0.6) is 0 Å². The van der Waals surface area contributed by atoms with Crippen LogP contribution in [-0.2, 0) is 23.7 Å². The smallest absolute Gasteiger partial charge is 0.393 e. The first-order valence-electron chi connectivity index (χ1n) is 11.6. The second-order valence-corrected chi connectivity index (χ2v) is 11.0. The van der Waals surface area contributed by atoms with Gasteiger partial charge in [-0.25, -0.2) is 13.6 Å². The van der Waals surface area contributed by atoms with Crippen LogP contribution in [0.25, 0.3) is 11.0 Å². The third-order valence-electron chi connectivity index (χ3n) is 6.90. The van der Waals surface area contributed by atoms with Crippen LogP contribution in [0.1, 0.15) is 29.5 Å². The van der Waals surface area contributed by atoms with E-state index in [4.69, 9.17) is 4.42 Å². The van der Waals surface area contributed by atoms with Gasteiger partial charge in [0, 0.05) is 35.3 Å². The number of benzene rings is 3. The molecule has 2 aliphatic heterocycles. The molecule has 0 unspecified atom stereocenters. The number of anilines is 1. The molecule has 2 aliphatic rings. The van der Waals surface area contributed by atoms with Gasteiger partial charge in [-0.15, -0.1) is 0 Å². The van der Waals surface area contributed by atoms with Gasteiger partial charge in [-0.1, -0.05) is 0 Å². The van der Waals surface area contributed by atoms with Crippen molar-refractivity contribution < 1.29 is 13.2 Å². The topological polar surface area (TPSA) is 33.5 Å². The van der Waals surface area contributed by atoms with Gasteiger partial charge < -0.3 is 9.32 Å². The van der Waals surface area contributed by atoms with E-state index in [9.17, 15) is 13.6 Å². The van der Waals surface area contributed by atoms with Crippen LogP contribution in [0, 0.1) is 18.6 Å². The number of hydrogen-bond acceptors (Lipinski definition) is 3. The Hall–Kier alpha value is -3.12. The van der Waals surface area contributed by atoms with E-state index in [1.807, 2.05) is 6.92 Å². The molecule has 0 atom stereocenters. The largest absolute Gasteiger partial charge is 0.419 e. The number of aryl methyl sites for hydroxylation is 3. The summed E-state index contributed by atoms with van der Waals surface area (Å²) in [5.41, 5.74) is 4.92. The molecule has 0 bridgehead atoms. The normalized spacial score (nSPS) is 15.1. The summed E-state index contributed by atoms with van der Waals surface area (Å²) in [5.74, 6) is -0.687. The van der Waals surface area contributed by atoms with E-state index >= 15 is 0 Å². The summed E-state index contributed by atoms with van der Waals surface area (Å²) < 4.78 is 33.5. The maximum Gasteiger partial charge on any atom is 0.393 e. The minimum atomic E-state index is -0.864. The van der Waals surface area contributed by atoms with Crippen molar-refractivity contribution in [3.8, 4) is 0 Å². The molecule has 6 heteroatoms. The molecule has 0 radical (unpaired) electrons. The quantitative estimate of drug-likeness (QED) is 0.262. The maximum atomic E-state index is 13.7. The summed E-state index contributed by atoms with van der Waals surface area (Å²) in [6, 6.07) is 14.6. The zero-order valence-corrected chi connectivity index (χ0v) is 19.7. The Balaban J connectivity index is 1.63. The van der Waals surface area contributed by atoms with E-state index in [0.717, 1.165) is 65.1 Å². The first-order chi connectivity index (χ1) is 16.5. The van der Waals surface area contributed by atoms with Crippen molar-refractivity contribution in [1.29, 1.82) is 0 Å². The minimum absolute atomic E-state index is 0.344. The maximum absolute atomic E-state index is 13.7. The van der Waals surface area contributed by atoms with Gasteiger partial charge in [0.2, 0.25) is 0 Å². The summed E-state index contributed by atoms with van der Waals surface area (Å²) in [6.45, 7) is 4.07. The van der Waals surface area contributed by atoms with Crippen LogP contribution in [0.15, 0.2) is 78.5 Å². The van der Waals surface area contributed by atoms with Gasteiger partial charge in [0.05, 0.1) is 0 Å². The first kappa shape index (κ1) is 21.4. The van der Waals surface area contributed by atoms with E-state index in [2.05, 4.69) is 11.0 Å². The third-order valence-corrected chi connectivity index (χ3v) is 9.27. The predicted octanol–water partition coefficient (Wildman–Crippen LogP) is 6.17. The van der Waals surface area contributed by atoms with E-state index in [0.29, 0.717) is 10.5 Å². The van der Waals surface area contributed by atoms with Crippen molar-refractivity contribution in [1.82, 2.24) is 0 Å². The van der Waals surface area contributed by atoms with Crippen molar-refractivity contribution in [3.05, 3.63) is 93.3 Å². The molecule has 3 heterocycles. The molecule has 0 fully saturated rings. The minimum Gasteiger partial charge on any atom is -0.419 e. The first-order valence-corrected chi connectivity index (χ1v) is 12.9. The lowest BCUT2D eigenvalue weighted by Crippen LogP contribution is -2.34. The Morgan fingerprint density at radius 3 is 2.09 bits per heavy atom. The number of rotatable bonds is 3. The molecule has 0 saturated heterocycles. The SMILES string of the molecule is Cc1c([S+](c2ccc(F)cc2)c2ccc(F)cc2)c(=O)oc2c3c4c(cc12)CCCN4CCC3. The van der Waals surface area contributed by atoms with Crippen molar-refractivity contribution in [2.45, 2.75) is 47.3 Å². The van der Waals surface area contributed by atoms with Crippen LogP contribution in [0.3, 0.4) is 0 Å². The van der Waals surface area contributed by atoms with Gasteiger partial charge in [-0.3, -0.25) is 0 Å². The monoisotopic (exact) mass is 476 g/mol. The van der Waals surface area contributed by atoms with Crippen molar-refractivity contribution in [3.63, 3.8) is 0 Å². The van der Waals surface area contributed by atoms with Crippen molar-refractivity contribution in [2.75, 3.05) is 18.0 Å². The molecule has 0 N–H and O–H groups in total. The summed E-state index contributed by atoms with van der Waals surface area (Å²) in [4.78, 5) is 18.1. The Morgan fingerprint density at radius 2 is 1.47 bits per heavy atom. The molecule has 0 saturated carbocycles. The second-order valence-electron chi connectivity index (χ2n) is 8.99. The molecule has 172 valence electrons. The highest BCUT2D eigenvalue weighted by atomic mass is 32.2. The lowest BCUT2D eigenvalue weighted by atomic mass is 9.89. The highest BCUT2D eigenvalue weighted by Crippen LogP contribution is 2.42. The van der Waals surface area contributed by atoms with Gasteiger partial charge in [-0.2, -0.15) is 0 Å². The summed E-state index contributed by atoms with van der Waals surface area (Å²) in [5, 5.41) is 0.967. The molecule has 4 aromatic rings. The molecular weight excluding hydrogens is 452 g/mol. The number of halogens is 2. The van der Waals surface area contributed by atoms with E-state index in [1.54, 1.807) is 24.3 Å². The summed E-state index contributed by atoms with van der Waals surface area (Å²) >= 11 is 0. The number of hydrogen-bond donors (Lipinski definition) is 0. The highest BCUT2D eigenvalue weighted by molar-refractivity contribution is 7.97. The second kappa shape index (κ2) is 8.27. The summed E-state index contributed by atoms with van der Waals surface area (Å²) in [6.07, 6.45) is 4.09. The molecule has 3 aromatic carbocycles. The van der Waals surface area contributed by atoms with Gasteiger partial charge in [-0.05, 0) is 92.8 Å². The average Bonchev–Trinajstić information content (AvgIpc) is 2.84. The van der Waals surface area contributed by atoms with Crippen LogP contribution in [0.4, 0.5) is 14.5 Å². The zero-order valence-electron chi connectivity index (χ0n) is 18.9. The van der Waals surface area contributed by atoms with Gasteiger partial charge in [0.25, 0.3) is 4.90 Å². The molecule has 6 rings (SSSR count). The van der Waals surface area contributed by atoms with Crippen LogP contribution in [-0.4, -0.2) is 13.1 Å². The Labute approximate surface area is 199 Å². The Morgan fingerprint density at radius 1 is 0.882 bits per heavy atom. The fraction of sp³-hybridized carbons (Fsp3) is 0.250. The molecule has 0 spiro atoms. The van der Waals surface area contributed by atoms with Crippen LogP contribution in [0.2, 0.25) is 0 Å². The zero-order chi connectivity index (χ0) is 23.4. The lowest BCUT2D eigenvalue weighted by molar-refractivity contribution is 0.531. The molecular formula is C28H24F2NO2S+. The summed E-state index contributed by atoms with van der Waals surface area (Å²) in [7, 11) is -0.864. The molecule has 0 amide bonds. The van der Waals surface area contributed by atoms with Gasteiger partial charge in [0.15, 0.2) is 9.79 Å². The number of fused-ring (bicyclic) bond motifs is 2. The van der Waals surface area contributed by atoms with Crippen LogP contribution >= 0.6 is 0 Å². The van der Waals surface area contributed by atoms with E-state index < -0.39 is 10.9 Å². The third kappa shape index (κ3) is 3.43. The molecule has 0 aliphatic carbocycles. The molecule has 3 nitrogen and oxygen atoms in total. The lowest BCUT2D eigenvalue weighted by Gasteiger charge is -2.37. The Bertz CT molecular complexity index is 1410. The molecule has 34 heavy (non-hydrogen) atoms. The molecule has 1 aromatic heterocycles. The van der Waals surface area contributed by atoms with Crippen molar-refractivity contribution in [2.24, 2.45) is 0 Å². The van der Waals surface area contributed by atoms with Crippen molar-refractivity contribution >= 4 is 27.6 Å². The number of nitrogens with zero attached hydrogens (tertiary/aromatic N) is 1. The van der Waals surface area contributed by atoms with Gasteiger partial charge >= 0.3 is 5.63 Å². The average molecular weight is 477 g/mol. The van der Waals surface area contributed by atoms with Gasteiger partial charge in [0.1, 0.15) is 28.1 Å². The highest BCUT2D eigenvalue weighted by Gasteiger charge is 2.37.